The lowest BCUT2D eigenvalue weighted by molar-refractivity contribution is 0.383. The summed E-state index contributed by atoms with van der Waals surface area (Å²) >= 11 is 1.64. The number of rotatable bonds is 3. The SMILES string of the molecule is CC(C)C1(C)C=CC=C(c2nnc(C3=CC=CC(C)(C)C=C3)s2)C=C1. The first kappa shape index (κ1) is 17.8. The highest BCUT2D eigenvalue weighted by atomic mass is 32.1. The van der Waals surface area contributed by atoms with E-state index >= 15 is 0 Å². The molecule has 1 aromatic heterocycles. The largest absolute Gasteiger partial charge is 0.148 e. The number of nitrogens with zero attached hydrogens (tertiary/aromatic N) is 2. The van der Waals surface area contributed by atoms with E-state index in [4.69, 9.17) is 0 Å². The van der Waals surface area contributed by atoms with Crippen LogP contribution >= 0.6 is 11.3 Å². The molecule has 0 fully saturated rings. The van der Waals surface area contributed by atoms with Gasteiger partial charge in [-0.05, 0) is 5.92 Å². The molecular formula is C22H26N2S. The van der Waals surface area contributed by atoms with Crippen molar-refractivity contribution in [1.29, 1.82) is 0 Å². The van der Waals surface area contributed by atoms with Crippen molar-refractivity contribution in [3.63, 3.8) is 0 Å². The Hall–Kier alpha value is -2.00. The molecular weight excluding hydrogens is 324 g/mol. The number of hydrogen-bond acceptors (Lipinski definition) is 3. The number of aromatic nitrogens is 2. The molecule has 0 saturated heterocycles. The Bertz CT molecular complexity index is 828. The van der Waals surface area contributed by atoms with Crippen LogP contribution in [0.1, 0.15) is 44.6 Å². The summed E-state index contributed by atoms with van der Waals surface area (Å²) in [7, 11) is 0. The lowest BCUT2D eigenvalue weighted by Crippen LogP contribution is -2.17. The Labute approximate surface area is 155 Å². The average molecular weight is 351 g/mol. The van der Waals surface area contributed by atoms with Crippen LogP contribution in [0, 0.1) is 16.7 Å². The van der Waals surface area contributed by atoms with Gasteiger partial charge in [0.2, 0.25) is 0 Å². The van der Waals surface area contributed by atoms with Gasteiger partial charge in [-0.15, -0.1) is 10.2 Å². The van der Waals surface area contributed by atoms with E-state index in [1.54, 1.807) is 11.3 Å². The summed E-state index contributed by atoms with van der Waals surface area (Å²) in [6, 6.07) is 0. The van der Waals surface area contributed by atoms with E-state index in [2.05, 4.69) is 106 Å². The zero-order valence-electron chi connectivity index (χ0n) is 15.7. The highest BCUT2D eigenvalue weighted by Gasteiger charge is 2.23. The predicted octanol–water partition coefficient (Wildman–Crippen LogP) is 6.25. The first-order chi connectivity index (χ1) is 11.8. The van der Waals surface area contributed by atoms with Gasteiger partial charge in [0.1, 0.15) is 10.0 Å². The van der Waals surface area contributed by atoms with E-state index in [9.17, 15) is 0 Å². The van der Waals surface area contributed by atoms with Crippen LogP contribution in [0.5, 0.6) is 0 Å². The second kappa shape index (κ2) is 6.72. The smallest absolute Gasteiger partial charge is 0.138 e. The molecule has 2 nitrogen and oxygen atoms in total. The van der Waals surface area contributed by atoms with Gasteiger partial charge >= 0.3 is 0 Å². The van der Waals surface area contributed by atoms with Crippen LogP contribution in [-0.2, 0) is 0 Å². The first-order valence-corrected chi connectivity index (χ1v) is 9.62. The maximum atomic E-state index is 4.43. The summed E-state index contributed by atoms with van der Waals surface area (Å²) in [6.07, 6.45) is 21.8. The van der Waals surface area contributed by atoms with Gasteiger partial charge in [0, 0.05) is 22.0 Å². The Kier molecular flexibility index (Phi) is 4.79. The lowest BCUT2D eigenvalue weighted by Gasteiger charge is -2.26. The summed E-state index contributed by atoms with van der Waals surface area (Å²) in [5.74, 6) is 0.550. The molecule has 0 saturated carbocycles. The summed E-state index contributed by atoms with van der Waals surface area (Å²) < 4.78 is 0. The summed E-state index contributed by atoms with van der Waals surface area (Å²) in [5.41, 5.74) is 2.39. The molecule has 2 aliphatic rings. The molecule has 3 heteroatoms. The van der Waals surface area contributed by atoms with Gasteiger partial charge < -0.3 is 0 Å². The van der Waals surface area contributed by atoms with Crippen LogP contribution in [0.3, 0.4) is 0 Å². The molecule has 0 radical (unpaired) electrons. The molecule has 25 heavy (non-hydrogen) atoms. The minimum atomic E-state index is 0.0738. The molecule has 0 N–H and O–H groups in total. The van der Waals surface area contributed by atoms with Gasteiger partial charge in [0.25, 0.3) is 0 Å². The fraction of sp³-hybridized carbons (Fsp3) is 0.364. The third-order valence-electron chi connectivity index (χ3n) is 5.01. The molecule has 1 atom stereocenters. The molecule has 0 spiro atoms. The van der Waals surface area contributed by atoms with E-state index in [0.29, 0.717) is 5.92 Å². The van der Waals surface area contributed by atoms with Gasteiger partial charge in [-0.3, -0.25) is 0 Å². The fourth-order valence-electron chi connectivity index (χ4n) is 2.68. The molecule has 0 aromatic carbocycles. The molecule has 0 aliphatic heterocycles. The standard InChI is InChI=1S/C22H26N2S/c1-16(2)22(5)13-7-9-18(11-15-22)20-24-23-19(25-20)17-8-6-12-21(3,4)14-10-17/h6-16H,1-5H3. The monoisotopic (exact) mass is 350 g/mol. The quantitative estimate of drug-likeness (QED) is 0.644. The van der Waals surface area contributed by atoms with E-state index < -0.39 is 0 Å². The van der Waals surface area contributed by atoms with Crippen LogP contribution in [0.4, 0.5) is 0 Å². The third-order valence-corrected chi connectivity index (χ3v) is 6.03. The van der Waals surface area contributed by atoms with E-state index in [1.165, 1.54) is 0 Å². The Balaban J connectivity index is 1.86. The van der Waals surface area contributed by atoms with Crippen LogP contribution in [-0.4, -0.2) is 10.2 Å². The Morgan fingerprint density at radius 2 is 1.36 bits per heavy atom. The van der Waals surface area contributed by atoms with Crippen molar-refractivity contribution in [2.75, 3.05) is 0 Å². The number of allylic oxidation sites excluding steroid dienone is 12. The zero-order valence-corrected chi connectivity index (χ0v) is 16.5. The van der Waals surface area contributed by atoms with Gasteiger partial charge in [-0.2, -0.15) is 0 Å². The fourth-order valence-corrected chi connectivity index (χ4v) is 3.54. The molecule has 3 rings (SSSR count). The van der Waals surface area contributed by atoms with Crippen molar-refractivity contribution >= 4 is 22.5 Å². The van der Waals surface area contributed by atoms with Crippen molar-refractivity contribution in [3.05, 3.63) is 70.8 Å². The van der Waals surface area contributed by atoms with Crippen molar-refractivity contribution in [2.24, 2.45) is 16.7 Å². The zero-order chi connectivity index (χ0) is 18.1. The van der Waals surface area contributed by atoms with Gasteiger partial charge in [-0.1, -0.05) is 107 Å². The van der Waals surface area contributed by atoms with Crippen LogP contribution < -0.4 is 0 Å². The first-order valence-electron chi connectivity index (χ1n) is 8.81. The molecule has 2 aliphatic carbocycles. The molecule has 0 amide bonds. The van der Waals surface area contributed by atoms with E-state index in [-0.39, 0.29) is 10.8 Å². The Morgan fingerprint density at radius 3 is 1.96 bits per heavy atom. The van der Waals surface area contributed by atoms with Crippen molar-refractivity contribution in [2.45, 2.75) is 34.6 Å². The topological polar surface area (TPSA) is 25.8 Å². The van der Waals surface area contributed by atoms with Crippen molar-refractivity contribution in [1.82, 2.24) is 10.2 Å². The second-order valence-electron chi connectivity index (χ2n) is 7.88. The van der Waals surface area contributed by atoms with Crippen LogP contribution in [0.15, 0.2) is 60.8 Å². The average Bonchev–Trinajstić information content (AvgIpc) is 2.84. The summed E-state index contributed by atoms with van der Waals surface area (Å²) in [4.78, 5) is 0. The van der Waals surface area contributed by atoms with E-state index in [1.807, 2.05) is 0 Å². The molecule has 1 unspecified atom stereocenters. The summed E-state index contributed by atoms with van der Waals surface area (Å²) in [6.45, 7) is 11.2. The molecule has 130 valence electrons. The highest BCUT2D eigenvalue weighted by molar-refractivity contribution is 7.13. The normalized spacial score (nSPS) is 24.9. The van der Waals surface area contributed by atoms with Crippen molar-refractivity contribution in [3.8, 4) is 0 Å². The molecule has 1 heterocycles. The Morgan fingerprint density at radius 1 is 0.800 bits per heavy atom. The van der Waals surface area contributed by atoms with Crippen molar-refractivity contribution < 1.29 is 0 Å². The molecule has 1 aromatic rings. The van der Waals surface area contributed by atoms with Crippen LogP contribution in [0.2, 0.25) is 0 Å². The van der Waals surface area contributed by atoms with Gasteiger partial charge in [0.05, 0.1) is 0 Å². The summed E-state index contributed by atoms with van der Waals surface area (Å²) in [5, 5.41) is 10.8. The van der Waals surface area contributed by atoms with Gasteiger partial charge in [-0.25, -0.2) is 0 Å². The maximum absolute atomic E-state index is 4.43. The van der Waals surface area contributed by atoms with E-state index in [0.717, 1.165) is 21.2 Å². The van der Waals surface area contributed by atoms with Gasteiger partial charge in [0.15, 0.2) is 0 Å². The molecule has 0 bridgehead atoms. The third kappa shape index (κ3) is 3.98. The lowest BCUT2D eigenvalue weighted by atomic mass is 9.79. The minimum Gasteiger partial charge on any atom is -0.138 e. The predicted molar refractivity (Wildman–Crippen MR) is 109 cm³/mol. The highest BCUT2D eigenvalue weighted by Crippen LogP contribution is 2.35. The maximum Gasteiger partial charge on any atom is 0.148 e. The second-order valence-corrected chi connectivity index (χ2v) is 8.86. The minimum absolute atomic E-state index is 0.0738. The number of hydrogen-bond donors (Lipinski definition) is 0. The van der Waals surface area contributed by atoms with Crippen LogP contribution in [0.25, 0.3) is 11.1 Å².